The molecule has 0 fully saturated rings. The summed E-state index contributed by atoms with van der Waals surface area (Å²) >= 11 is 0. The first-order chi connectivity index (χ1) is 11.9. The van der Waals surface area contributed by atoms with E-state index >= 15 is 0 Å². The fourth-order valence-electron chi connectivity index (χ4n) is 2.65. The number of carboxylic acid groups (broad SMARTS) is 1. The summed E-state index contributed by atoms with van der Waals surface area (Å²) in [5, 5.41) is 11.6. The van der Waals surface area contributed by atoms with Crippen LogP contribution in [-0.4, -0.2) is 42.5 Å². The highest BCUT2D eigenvalue weighted by atomic mass is 16.4. The summed E-state index contributed by atoms with van der Waals surface area (Å²) in [5.74, 6) is -2.76. The van der Waals surface area contributed by atoms with Gasteiger partial charge in [-0.3, -0.25) is 19.5 Å². The number of fused-ring (bicyclic) bond motifs is 2. The molecule has 10 nitrogen and oxygen atoms in total. The van der Waals surface area contributed by atoms with Crippen molar-refractivity contribution in [3.05, 3.63) is 57.0 Å². The normalized spacial score (nSPS) is 13.6. The van der Waals surface area contributed by atoms with Gasteiger partial charge in [-0.05, 0) is 25.1 Å². The first-order valence-electron chi connectivity index (χ1n) is 7.09. The van der Waals surface area contributed by atoms with Crippen LogP contribution in [0.15, 0.2) is 29.1 Å². The van der Waals surface area contributed by atoms with Gasteiger partial charge in [-0.25, -0.2) is 14.7 Å². The number of benzene rings is 1. The number of imide groups is 1. The standard InChI is InChI=1S/C15H9N5O5/c1-6-4-10(21)20-14(16-6)17-15(18-20)19-11(22)8-3-2-7(13(24)25)5-9(8)12(19)23/h2-5H,1H3,(H,24,25)(H,16,17,18). The molecule has 3 heterocycles. The first kappa shape index (κ1) is 14.8. The number of anilines is 1. The molecule has 0 unspecified atom stereocenters. The van der Waals surface area contributed by atoms with Crippen LogP contribution < -0.4 is 10.5 Å². The Morgan fingerprint density at radius 2 is 1.80 bits per heavy atom. The number of carbonyl (C=O) groups excluding carboxylic acids is 2. The lowest BCUT2D eigenvalue weighted by Crippen LogP contribution is -2.30. The van der Waals surface area contributed by atoms with Crippen LogP contribution in [0.5, 0.6) is 0 Å². The van der Waals surface area contributed by atoms with Gasteiger partial charge in [0.15, 0.2) is 0 Å². The van der Waals surface area contributed by atoms with E-state index in [1.54, 1.807) is 6.92 Å². The average Bonchev–Trinajstić information content (AvgIpc) is 3.07. The van der Waals surface area contributed by atoms with Gasteiger partial charge in [-0.15, -0.1) is 0 Å². The van der Waals surface area contributed by atoms with E-state index in [-0.39, 0.29) is 28.4 Å². The highest BCUT2D eigenvalue weighted by Crippen LogP contribution is 2.27. The molecular weight excluding hydrogens is 330 g/mol. The van der Waals surface area contributed by atoms with Crippen LogP contribution in [0.2, 0.25) is 0 Å². The van der Waals surface area contributed by atoms with Crippen molar-refractivity contribution in [3.8, 4) is 0 Å². The van der Waals surface area contributed by atoms with Crippen molar-refractivity contribution in [1.82, 2.24) is 19.6 Å². The molecule has 0 radical (unpaired) electrons. The summed E-state index contributed by atoms with van der Waals surface area (Å²) in [7, 11) is 0. The molecular formula is C15H9N5O5. The predicted octanol–water partition coefficient (Wildman–Crippen LogP) is 0.225. The SMILES string of the molecule is Cc1cc(=O)n2[nH]c(N3C(=O)c4ccc(C(=O)O)cc4C3=O)nc2n1. The van der Waals surface area contributed by atoms with E-state index in [1.807, 2.05) is 0 Å². The van der Waals surface area contributed by atoms with Crippen molar-refractivity contribution in [2.75, 3.05) is 4.90 Å². The largest absolute Gasteiger partial charge is 0.478 e. The van der Waals surface area contributed by atoms with Crippen molar-refractivity contribution < 1.29 is 19.5 Å². The first-order valence-corrected chi connectivity index (χ1v) is 7.09. The molecule has 0 spiro atoms. The molecule has 0 aliphatic carbocycles. The summed E-state index contributed by atoms with van der Waals surface area (Å²) in [6.45, 7) is 1.62. The molecule has 2 N–H and O–H groups in total. The number of amides is 2. The van der Waals surface area contributed by atoms with E-state index in [4.69, 9.17) is 5.11 Å². The number of aryl methyl sites for hydroxylation is 1. The minimum Gasteiger partial charge on any atom is -0.478 e. The summed E-state index contributed by atoms with van der Waals surface area (Å²) < 4.78 is 1.01. The number of aromatic amines is 1. The smallest absolute Gasteiger partial charge is 0.335 e. The van der Waals surface area contributed by atoms with Gasteiger partial charge < -0.3 is 5.11 Å². The van der Waals surface area contributed by atoms with E-state index in [0.717, 1.165) is 15.5 Å². The zero-order chi connectivity index (χ0) is 17.9. The Hall–Kier alpha value is -3.82. The molecule has 0 saturated carbocycles. The number of hydrogen-bond acceptors (Lipinski definition) is 6. The summed E-state index contributed by atoms with van der Waals surface area (Å²) in [5.41, 5.74) is -0.0869. The highest BCUT2D eigenvalue weighted by molar-refractivity contribution is 6.34. The molecule has 0 atom stereocenters. The Balaban J connectivity index is 1.86. The van der Waals surface area contributed by atoms with E-state index < -0.39 is 23.3 Å². The van der Waals surface area contributed by atoms with Crippen molar-refractivity contribution in [1.29, 1.82) is 0 Å². The molecule has 2 amide bonds. The lowest BCUT2D eigenvalue weighted by atomic mass is 10.1. The molecule has 0 bridgehead atoms. The number of nitrogens with zero attached hydrogens (tertiary/aromatic N) is 4. The van der Waals surface area contributed by atoms with Crippen molar-refractivity contribution in [3.63, 3.8) is 0 Å². The molecule has 3 aromatic rings. The number of rotatable bonds is 2. The molecule has 2 aromatic heterocycles. The second-order valence-corrected chi connectivity index (χ2v) is 5.43. The number of hydrogen-bond donors (Lipinski definition) is 2. The number of carbonyl (C=O) groups is 3. The molecule has 10 heteroatoms. The fraction of sp³-hybridized carbons (Fsp3) is 0.0667. The van der Waals surface area contributed by atoms with Gasteiger partial charge in [0.25, 0.3) is 23.2 Å². The minimum absolute atomic E-state index is 0.0165. The van der Waals surface area contributed by atoms with Crippen molar-refractivity contribution in [2.45, 2.75) is 6.92 Å². The number of H-pyrrole nitrogens is 1. The van der Waals surface area contributed by atoms with Gasteiger partial charge in [0.1, 0.15) is 0 Å². The summed E-state index contributed by atoms with van der Waals surface area (Å²) in [4.78, 5) is 56.9. The zero-order valence-electron chi connectivity index (χ0n) is 12.7. The van der Waals surface area contributed by atoms with Crippen LogP contribution in [0.1, 0.15) is 36.8 Å². The lowest BCUT2D eigenvalue weighted by molar-refractivity contribution is 0.0696. The molecule has 0 saturated heterocycles. The maximum atomic E-state index is 12.6. The molecule has 1 aliphatic rings. The zero-order valence-corrected chi connectivity index (χ0v) is 12.7. The number of aromatic carboxylic acids is 1. The second-order valence-electron chi connectivity index (χ2n) is 5.43. The van der Waals surface area contributed by atoms with Gasteiger partial charge in [-0.1, -0.05) is 0 Å². The summed E-state index contributed by atoms with van der Waals surface area (Å²) in [6.07, 6.45) is 0. The van der Waals surface area contributed by atoms with E-state index in [9.17, 15) is 19.2 Å². The average molecular weight is 339 g/mol. The molecule has 1 aliphatic heterocycles. The minimum atomic E-state index is -1.21. The Morgan fingerprint density at radius 3 is 2.52 bits per heavy atom. The summed E-state index contributed by atoms with van der Waals surface area (Å²) in [6, 6.07) is 4.92. The fourth-order valence-corrected chi connectivity index (χ4v) is 2.65. The number of aromatic nitrogens is 4. The maximum Gasteiger partial charge on any atom is 0.335 e. The second kappa shape index (κ2) is 4.84. The molecule has 25 heavy (non-hydrogen) atoms. The van der Waals surface area contributed by atoms with E-state index in [0.29, 0.717) is 5.69 Å². The topological polar surface area (TPSA) is 138 Å². The van der Waals surface area contributed by atoms with Crippen LogP contribution in [0.3, 0.4) is 0 Å². The number of carboxylic acids is 1. The number of nitrogens with one attached hydrogen (secondary N) is 1. The van der Waals surface area contributed by atoms with Gasteiger partial charge in [-0.2, -0.15) is 9.50 Å². The third-order valence-corrected chi connectivity index (χ3v) is 3.79. The quantitative estimate of drug-likeness (QED) is 0.637. The van der Waals surface area contributed by atoms with Gasteiger partial charge >= 0.3 is 5.97 Å². The van der Waals surface area contributed by atoms with Crippen LogP contribution in [0.4, 0.5) is 5.95 Å². The predicted molar refractivity (Wildman–Crippen MR) is 82.9 cm³/mol. The van der Waals surface area contributed by atoms with Crippen molar-refractivity contribution >= 4 is 29.5 Å². The molecule has 1 aromatic carbocycles. The third kappa shape index (κ3) is 2.04. The van der Waals surface area contributed by atoms with Crippen LogP contribution in [0.25, 0.3) is 5.78 Å². The maximum absolute atomic E-state index is 12.6. The van der Waals surface area contributed by atoms with Crippen LogP contribution in [0, 0.1) is 6.92 Å². The molecule has 4 rings (SSSR count). The van der Waals surface area contributed by atoms with E-state index in [2.05, 4.69) is 15.1 Å². The van der Waals surface area contributed by atoms with Crippen molar-refractivity contribution in [2.24, 2.45) is 0 Å². The van der Waals surface area contributed by atoms with E-state index in [1.165, 1.54) is 18.2 Å². The van der Waals surface area contributed by atoms with Crippen LogP contribution in [-0.2, 0) is 0 Å². The Labute approximate surface area is 138 Å². The third-order valence-electron chi connectivity index (χ3n) is 3.79. The van der Waals surface area contributed by atoms with Gasteiger partial charge in [0.05, 0.1) is 16.7 Å². The molecule has 124 valence electrons. The van der Waals surface area contributed by atoms with Gasteiger partial charge in [0, 0.05) is 11.8 Å². The Kier molecular flexibility index (Phi) is 2.85. The van der Waals surface area contributed by atoms with Crippen LogP contribution >= 0.6 is 0 Å². The Bertz CT molecular complexity index is 1160. The van der Waals surface area contributed by atoms with Gasteiger partial charge in [0.2, 0.25) is 5.95 Å². The monoisotopic (exact) mass is 339 g/mol. The lowest BCUT2D eigenvalue weighted by Gasteiger charge is -2.08. The Morgan fingerprint density at radius 1 is 1.08 bits per heavy atom. The highest BCUT2D eigenvalue weighted by Gasteiger charge is 2.39.